The van der Waals surface area contributed by atoms with Crippen LogP contribution in [0, 0.1) is 6.92 Å². The van der Waals surface area contributed by atoms with Crippen molar-refractivity contribution in [3.8, 4) is 0 Å². The monoisotopic (exact) mass is 317 g/mol. The molecule has 1 amide bonds. The Bertz CT molecular complexity index is 664. The molecule has 4 heterocycles. The van der Waals surface area contributed by atoms with Crippen LogP contribution in [0.4, 0.5) is 0 Å². The Hall–Kier alpha value is -1.53. The average Bonchev–Trinajstić information content (AvgIpc) is 3.20. The molecule has 0 N–H and O–H groups in total. The van der Waals surface area contributed by atoms with E-state index in [0.29, 0.717) is 16.7 Å². The summed E-state index contributed by atoms with van der Waals surface area (Å²) in [5.74, 6) is 1.41. The zero-order valence-electron chi connectivity index (χ0n) is 12.6. The fraction of sp³-hybridized carbons (Fsp3) is 0.500. The quantitative estimate of drug-likeness (QED) is 0.744. The Balaban J connectivity index is 1.47. The van der Waals surface area contributed by atoms with Gasteiger partial charge in [0.1, 0.15) is 11.5 Å². The molecule has 1 atom stereocenters. The van der Waals surface area contributed by atoms with Crippen LogP contribution < -0.4 is 0 Å². The number of hydrogen-bond donors (Lipinski definition) is 0. The van der Waals surface area contributed by atoms with Crippen LogP contribution in [0.5, 0.6) is 0 Å². The van der Waals surface area contributed by atoms with Gasteiger partial charge in [-0.15, -0.1) is 0 Å². The molecule has 1 aromatic rings. The van der Waals surface area contributed by atoms with Gasteiger partial charge in [0.15, 0.2) is 5.17 Å². The molecule has 3 aliphatic heterocycles. The number of carbonyl (C=O) groups is 1. The SMILES string of the molecule is Cc1ccc(/C=C2\SC(N3CCN4CCCC4C3)=NC2=O)o1. The molecule has 4 rings (SSSR count). The summed E-state index contributed by atoms with van der Waals surface area (Å²) in [6.45, 7) is 6.15. The van der Waals surface area contributed by atoms with Crippen LogP contribution in [0.15, 0.2) is 26.4 Å². The first-order valence-electron chi connectivity index (χ1n) is 7.77. The number of rotatable bonds is 1. The average molecular weight is 317 g/mol. The van der Waals surface area contributed by atoms with Crippen molar-refractivity contribution < 1.29 is 9.21 Å². The van der Waals surface area contributed by atoms with Gasteiger partial charge in [-0.25, -0.2) is 0 Å². The number of amides is 1. The summed E-state index contributed by atoms with van der Waals surface area (Å²) in [5.41, 5.74) is 0. The predicted molar refractivity (Wildman–Crippen MR) is 87.6 cm³/mol. The third kappa shape index (κ3) is 2.61. The van der Waals surface area contributed by atoms with E-state index in [4.69, 9.17) is 4.42 Å². The van der Waals surface area contributed by atoms with Crippen LogP contribution in [0.2, 0.25) is 0 Å². The van der Waals surface area contributed by atoms with Crippen molar-refractivity contribution in [3.63, 3.8) is 0 Å². The molecule has 6 heteroatoms. The Kier molecular flexibility index (Phi) is 3.58. The Morgan fingerprint density at radius 3 is 3.09 bits per heavy atom. The van der Waals surface area contributed by atoms with Gasteiger partial charge in [0.2, 0.25) is 0 Å². The van der Waals surface area contributed by atoms with Crippen molar-refractivity contribution in [2.75, 3.05) is 26.2 Å². The minimum absolute atomic E-state index is 0.150. The normalized spacial score (nSPS) is 27.6. The van der Waals surface area contributed by atoms with Crippen LogP contribution in [-0.4, -0.2) is 53.1 Å². The van der Waals surface area contributed by atoms with Crippen LogP contribution in [0.3, 0.4) is 0 Å². The number of aliphatic imine (C=N–C) groups is 1. The van der Waals surface area contributed by atoms with E-state index < -0.39 is 0 Å². The second-order valence-electron chi connectivity index (χ2n) is 6.04. The largest absolute Gasteiger partial charge is 0.462 e. The van der Waals surface area contributed by atoms with Gasteiger partial charge in [0.25, 0.3) is 5.91 Å². The predicted octanol–water partition coefficient (Wildman–Crippen LogP) is 2.34. The van der Waals surface area contributed by atoms with Crippen molar-refractivity contribution in [1.82, 2.24) is 9.80 Å². The maximum atomic E-state index is 12.1. The minimum Gasteiger partial charge on any atom is -0.462 e. The van der Waals surface area contributed by atoms with Crippen LogP contribution >= 0.6 is 11.8 Å². The molecule has 3 aliphatic rings. The zero-order chi connectivity index (χ0) is 15.1. The van der Waals surface area contributed by atoms with Crippen molar-refractivity contribution in [2.45, 2.75) is 25.8 Å². The van der Waals surface area contributed by atoms with Crippen molar-refractivity contribution in [3.05, 3.63) is 28.6 Å². The van der Waals surface area contributed by atoms with Gasteiger partial charge in [-0.3, -0.25) is 9.69 Å². The summed E-state index contributed by atoms with van der Waals surface area (Å²) in [4.78, 5) is 21.8. The third-order valence-electron chi connectivity index (χ3n) is 4.50. The van der Waals surface area contributed by atoms with Crippen molar-refractivity contribution in [2.24, 2.45) is 4.99 Å². The molecular weight excluding hydrogens is 298 g/mol. The summed E-state index contributed by atoms with van der Waals surface area (Å²) in [6, 6.07) is 4.41. The number of furan rings is 1. The topological polar surface area (TPSA) is 49.0 Å². The highest BCUT2D eigenvalue weighted by Crippen LogP contribution is 2.32. The first-order valence-corrected chi connectivity index (χ1v) is 8.59. The number of aryl methyl sites for hydroxylation is 1. The molecule has 0 spiro atoms. The van der Waals surface area contributed by atoms with E-state index in [1.54, 1.807) is 6.08 Å². The van der Waals surface area contributed by atoms with Crippen LogP contribution in [0.1, 0.15) is 24.4 Å². The molecule has 2 fully saturated rings. The molecule has 0 saturated carbocycles. The first-order chi connectivity index (χ1) is 10.7. The highest BCUT2D eigenvalue weighted by atomic mass is 32.2. The molecule has 0 aliphatic carbocycles. The maximum Gasteiger partial charge on any atom is 0.286 e. The van der Waals surface area contributed by atoms with Crippen LogP contribution in [0.25, 0.3) is 6.08 Å². The minimum atomic E-state index is -0.150. The van der Waals surface area contributed by atoms with Gasteiger partial charge in [-0.1, -0.05) is 0 Å². The molecule has 2 saturated heterocycles. The van der Waals surface area contributed by atoms with Crippen molar-refractivity contribution in [1.29, 1.82) is 0 Å². The van der Waals surface area contributed by atoms with Crippen LogP contribution in [-0.2, 0) is 4.79 Å². The van der Waals surface area contributed by atoms with Gasteiger partial charge >= 0.3 is 0 Å². The van der Waals surface area contributed by atoms with E-state index in [-0.39, 0.29) is 5.91 Å². The van der Waals surface area contributed by atoms with Gasteiger partial charge in [0, 0.05) is 31.8 Å². The lowest BCUT2D eigenvalue weighted by Gasteiger charge is -2.38. The number of hydrogen-bond acceptors (Lipinski definition) is 5. The second-order valence-corrected chi connectivity index (χ2v) is 7.05. The number of nitrogens with zero attached hydrogens (tertiary/aromatic N) is 3. The Labute approximate surface area is 134 Å². The number of piperazine rings is 1. The number of fused-ring (bicyclic) bond motifs is 1. The molecular formula is C16H19N3O2S. The van der Waals surface area contributed by atoms with E-state index in [0.717, 1.165) is 30.6 Å². The number of amidine groups is 1. The van der Waals surface area contributed by atoms with Crippen molar-refractivity contribution >= 4 is 28.9 Å². The molecule has 1 unspecified atom stereocenters. The summed E-state index contributed by atoms with van der Waals surface area (Å²) in [6.07, 6.45) is 4.35. The molecule has 5 nitrogen and oxygen atoms in total. The van der Waals surface area contributed by atoms with E-state index in [2.05, 4.69) is 14.8 Å². The highest BCUT2D eigenvalue weighted by Gasteiger charge is 2.34. The summed E-state index contributed by atoms with van der Waals surface area (Å²) in [5, 5.41) is 0.853. The van der Waals surface area contributed by atoms with Gasteiger partial charge in [-0.05, 0) is 50.2 Å². The molecule has 0 bridgehead atoms. The molecule has 116 valence electrons. The second kappa shape index (κ2) is 5.59. The molecule has 0 aromatic carbocycles. The maximum absolute atomic E-state index is 12.1. The van der Waals surface area contributed by atoms with E-state index in [9.17, 15) is 4.79 Å². The first kappa shape index (κ1) is 14.1. The number of carbonyl (C=O) groups excluding carboxylic acids is 1. The Morgan fingerprint density at radius 2 is 2.27 bits per heavy atom. The lowest BCUT2D eigenvalue weighted by molar-refractivity contribution is -0.113. The number of thioether (sulfide) groups is 1. The fourth-order valence-corrected chi connectivity index (χ4v) is 4.29. The summed E-state index contributed by atoms with van der Waals surface area (Å²) in [7, 11) is 0. The summed E-state index contributed by atoms with van der Waals surface area (Å²) >= 11 is 1.47. The standard InChI is InChI=1S/C16H19N3O2S/c1-11-4-5-13(21-11)9-14-15(20)17-16(22-14)19-8-7-18-6-2-3-12(18)10-19/h4-5,9,12H,2-3,6-8,10H2,1H3/b14-9-. The molecule has 1 aromatic heterocycles. The lowest BCUT2D eigenvalue weighted by Crippen LogP contribution is -2.51. The third-order valence-corrected chi connectivity index (χ3v) is 5.55. The summed E-state index contributed by atoms with van der Waals surface area (Å²) < 4.78 is 5.52. The molecule has 0 radical (unpaired) electrons. The van der Waals surface area contributed by atoms with Gasteiger partial charge in [-0.2, -0.15) is 4.99 Å². The lowest BCUT2D eigenvalue weighted by atomic mass is 10.2. The van der Waals surface area contributed by atoms with E-state index in [1.807, 2.05) is 19.1 Å². The van der Waals surface area contributed by atoms with E-state index in [1.165, 1.54) is 31.1 Å². The Morgan fingerprint density at radius 1 is 1.36 bits per heavy atom. The zero-order valence-corrected chi connectivity index (χ0v) is 13.4. The van der Waals surface area contributed by atoms with E-state index >= 15 is 0 Å². The van der Waals surface area contributed by atoms with Gasteiger partial charge < -0.3 is 9.32 Å². The fourth-order valence-electron chi connectivity index (χ4n) is 3.36. The molecule has 22 heavy (non-hydrogen) atoms. The van der Waals surface area contributed by atoms with Gasteiger partial charge in [0.05, 0.1) is 4.91 Å². The highest BCUT2D eigenvalue weighted by molar-refractivity contribution is 8.18. The smallest absolute Gasteiger partial charge is 0.286 e.